The Morgan fingerprint density at radius 3 is 2.48 bits per heavy atom. The van der Waals surface area contributed by atoms with Gasteiger partial charge in [0.2, 0.25) is 5.91 Å². The van der Waals surface area contributed by atoms with E-state index >= 15 is 0 Å². The van der Waals surface area contributed by atoms with Gasteiger partial charge in [0, 0.05) is 22.3 Å². The maximum atomic E-state index is 12.7. The van der Waals surface area contributed by atoms with Crippen molar-refractivity contribution in [3.05, 3.63) is 81.1 Å². The fourth-order valence-electron chi connectivity index (χ4n) is 2.66. The summed E-state index contributed by atoms with van der Waals surface area (Å²) in [5.41, 5.74) is 3.81. The van der Waals surface area contributed by atoms with Crippen LogP contribution >= 0.6 is 11.6 Å². The number of nitrogens with zero attached hydrogens (tertiary/aromatic N) is 2. The van der Waals surface area contributed by atoms with Gasteiger partial charge in [0.05, 0.1) is 5.69 Å². The van der Waals surface area contributed by atoms with Crippen molar-refractivity contribution in [2.45, 2.75) is 26.8 Å². The summed E-state index contributed by atoms with van der Waals surface area (Å²) in [5, 5.41) is 7.74. The van der Waals surface area contributed by atoms with Gasteiger partial charge < -0.3 is 5.32 Å². The summed E-state index contributed by atoms with van der Waals surface area (Å²) >= 11 is 6.00. The van der Waals surface area contributed by atoms with Gasteiger partial charge in [-0.05, 0) is 44.5 Å². The summed E-state index contributed by atoms with van der Waals surface area (Å²) in [6, 6.07) is 15.4. The van der Waals surface area contributed by atoms with Gasteiger partial charge in [-0.15, -0.1) is 0 Å². The third-order valence-corrected chi connectivity index (χ3v) is 4.61. The summed E-state index contributed by atoms with van der Waals surface area (Å²) in [5.74, 6) is -0.337. The zero-order valence-corrected chi connectivity index (χ0v) is 16.1. The quantitative estimate of drug-likeness (QED) is 0.729. The average molecular weight is 382 g/mol. The van der Waals surface area contributed by atoms with E-state index in [4.69, 9.17) is 11.6 Å². The number of carbonyl (C=O) groups is 1. The minimum absolute atomic E-state index is 0.337. The number of amides is 1. The third kappa shape index (κ3) is 4.26. The Labute approximate surface area is 162 Å². The molecule has 0 aliphatic rings. The van der Waals surface area contributed by atoms with Crippen molar-refractivity contribution in [1.29, 1.82) is 0 Å². The molecule has 1 N–H and O–H groups in total. The molecule has 2 aromatic carbocycles. The number of aromatic nitrogens is 2. The number of rotatable bonds is 4. The predicted molar refractivity (Wildman–Crippen MR) is 108 cm³/mol. The van der Waals surface area contributed by atoms with Gasteiger partial charge in [-0.25, -0.2) is 4.68 Å². The molecule has 1 heterocycles. The Balaban J connectivity index is 1.89. The summed E-state index contributed by atoms with van der Waals surface area (Å²) in [6.07, 6.45) is 0. The number of aryl methyl sites for hydroxylation is 2. The lowest BCUT2D eigenvalue weighted by Gasteiger charge is -2.16. The van der Waals surface area contributed by atoms with Crippen LogP contribution in [-0.2, 0) is 4.79 Å². The van der Waals surface area contributed by atoms with Gasteiger partial charge in [-0.3, -0.25) is 9.59 Å². The van der Waals surface area contributed by atoms with E-state index < -0.39 is 6.04 Å². The summed E-state index contributed by atoms with van der Waals surface area (Å²) < 4.78 is 1.20. The van der Waals surface area contributed by atoms with Crippen LogP contribution in [0, 0.1) is 13.8 Å². The van der Waals surface area contributed by atoms with E-state index in [1.807, 2.05) is 44.2 Å². The molecule has 0 radical (unpaired) electrons. The van der Waals surface area contributed by atoms with E-state index in [1.165, 1.54) is 10.7 Å². The Morgan fingerprint density at radius 2 is 1.78 bits per heavy atom. The van der Waals surface area contributed by atoms with Gasteiger partial charge in [-0.1, -0.05) is 47.5 Å². The number of halogens is 1. The first kappa shape index (κ1) is 18.9. The van der Waals surface area contributed by atoms with Gasteiger partial charge >= 0.3 is 0 Å². The van der Waals surface area contributed by atoms with Crippen LogP contribution in [0.1, 0.15) is 24.1 Å². The number of nitrogens with one attached hydrogen (secondary N) is 1. The number of hydrogen-bond acceptors (Lipinski definition) is 3. The molecule has 0 aliphatic carbocycles. The first-order valence-electron chi connectivity index (χ1n) is 8.59. The van der Waals surface area contributed by atoms with Crippen LogP contribution in [0.15, 0.2) is 59.4 Å². The molecule has 1 amide bonds. The topological polar surface area (TPSA) is 64.0 Å². The largest absolute Gasteiger partial charge is 0.324 e. The first-order chi connectivity index (χ1) is 12.8. The Kier molecular flexibility index (Phi) is 5.42. The van der Waals surface area contributed by atoms with Crippen LogP contribution in [0.25, 0.3) is 11.3 Å². The number of anilines is 1. The first-order valence-corrected chi connectivity index (χ1v) is 8.97. The second-order valence-corrected chi connectivity index (χ2v) is 6.93. The molecule has 0 saturated heterocycles. The average Bonchev–Trinajstić information content (AvgIpc) is 2.65. The smallest absolute Gasteiger partial charge is 0.267 e. The van der Waals surface area contributed by atoms with Crippen molar-refractivity contribution >= 4 is 23.2 Å². The zero-order valence-electron chi connectivity index (χ0n) is 15.4. The van der Waals surface area contributed by atoms with Crippen LogP contribution in [0.2, 0.25) is 5.02 Å². The maximum Gasteiger partial charge on any atom is 0.267 e. The van der Waals surface area contributed by atoms with Crippen LogP contribution in [0.4, 0.5) is 5.69 Å². The van der Waals surface area contributed by atoms with Crippen molar-refractivity contribution in [3.8, 4) is 11.3 Å². The highest BCUT2D eigenvalue weighted by atomic mass is 35.5. The molecule has 6 heteroatoms. The van der Waals surface area contributed by atoms with Crippen molar-refractivity contribution in [3.63, 3.8) is 0 Å². The minimum atomic E-state index is -0.777. The van der Waals surface area contributed by atoms with Crippen molar-refractivity contribution < 1.29 is 4.79 Å². The lowest BCUT2D eigenvalue weighted by Crippen LogP contribution is -2.33. The molecule has 0 bridgehead atoms. The molecule has 1 atom stereocenters. The highest BCUT2D eigenvalue weighted by molar-refractivity contribution is 6.31. The van der Waals surface area contributed by atoms with E-state index in [1.54, 1.807) is 25.1 Å². The van der Waals surface area contributed by atoms with Crippen molar-refractivity contribution in [1.82, 2.24) is 9.78 Å². The zero-order chi connectivity index (χ0) is 19.6. The van der Waals surface area contributed by atoms with Crippen molar-refractivity contribution in [2.75, 3.05) is 5.32 Å². The monoisotopic (exact) mass is 381 g/mol. The SMILES string of the molecule is Cc1ccc(-c2ccc(=O)n([C@H](C)C(=O)Nc3cc(Cl)ccc3C)n2)cc1. The molecule has 27 heavy (non-hydrogen) atoms. The summed E-state index contributed by atoms with van der Waals surface area (Å²) in [7, 11) is 0. The number of hydrogen-bond donors (Lipinski definition) is 1. The van der Waals surface area contributed by atoms with Gasteiger partial charge in [0.15, 0.2) is 0 Å². The fraction of sp³-hybridized carbons (Fsp3) is 0.190. The van der Waals surface area contributed by atoms with E-state index in [2.05, 4.69) is 10.4 Å². The van der Waals surface area contributed by atoms with E-state index in [9.17, 15) is 9.59 Å². The highest BCUT2D eigenvalue weighted by Gasteiger charge is 2.19. The minimum Gasteiger partial charge on any atom is -0.324 e. The van der Waals surface area contributed by atoms with Crippen molar-refractivity contribution in [2.24, 2.45) is 0 Å². The second-order valence-electron chi connectivity index (χ2n) is 6.49. The molecule has 0 unspecified atom stereocenters. The molecule has 3 aromatic rings. The standard InChI is InChI=1S/C21H20ClN3O2/c1-13-4-7-16(8-5-13)18-10-11-20(26)25(24-18)15(3)21(27)23-19-12-17(22)9-6-14(19)2/h4-12,15H,1-3H3,(H,23,27)/t15-/m1/s1. The predicted octanol–water partition coefficient (Wildman–Crippen LogP) is 4.38. The van der Waals surface area contributed by atoms with E-state index in [0.29, 0.717) is 16.4 Å². The Bertz CT molecular complexity index is 1040. The van der Waals surface area contributed by atoms with Gasteiger partial charge in [0.1, 0.15) is 6.04 Å². The molecule has 0 fully saturated rings. The van der Waals surface area contributed by atoms with Gasteiger partial charge in [0.25, 0.3) is 5.56 Å². The molecule has 0 aliphatic heterocycles. The molecule has 0 saturated carbocycles. The molecular weight excluding hydrogens is 362 g/mol. The summed E-state index contributed by atoms with van der Waals surface area (Å²) in [6.45, 7) is 5.52. The molecule has 5 nitrogen and oxygen atoms in total. The molecule has 0 spiro atoms. The highest BCUT2D eigenvalue weighted by Crippen LogP contribution is 2.21. The van der Waals surface area contributed by atoms with Crippen LogP contribution in [-0.4, -0.2) is 15.7 Å². The van der Waals surface area contributed by atoms with E-state index in [0.717, 1.165) is 16.7 Å². The van der Waals surface area contributed by atoms with E-state index in [-0.39, 0.29) is 11.5 Å². The Morgan fingerprint density at radius 1 is 1.07 bits per heavy atom. The van der Waals surface area contributed by atoms with Gasteiger partial charge in [-0.2, -0.15) is 5.10 Å². The molecule has 138 valence electrons. The molecular formula is C21H20ClN3O2. The van der Waals surface area contributed by atoms with Crippen LogP contribution < -0.4 is 10.9 Å². The lowest BCUT2D eigenvalue weighted by atomic mass is 10.1. The normalized spacial score (nSPS) is 11.9. The maximum absolute atomic E-state index is 12.7. The van der Waals surface area contributed by atoms with Crippen LogP contribution in [0.5, 0.6) is 0 Å². The second kappa shape index (κ2) is 7.76. The summed E-state index contributed by atoms with van der Waals surface area (Å²) in [4.78, 5) is 24.9. The Hall–Kier alpha value is -2.92. The lowest BCUT2D eigenvalue weighted by molar-refractivity contribution is -0.119. The third-order valence-electron chi connectivity index (χ3n) is 4.38. The molecule has 3 rings (SSSR count). The molecule has 1 aromatic heterocycles. The number of carbonyl (C=O) groups excluding carboxylic acids is 1. The fourth-order valence-corrected chi connectivity index (χ4v) is 2.83. The van der Waals surface area contributed by atoms with Crippen LogP contribution in [0.3, 0.4) is 0 Å². The number of benzene rings is 2.